The van der Waals surface area contributed by atoms with Crippen LogP contribution in [0.5, 0.6) is 5.75 Å². The predicted molar refractivity (Wildman–Crippen MR) is 135 cm³/mol. The Morgan fingerprint density at radius 3 is 2.34 bits per heavy atom. The van der Waals surface area contributed by atoms with E-state index in [0.29, 0.717) is 16.5 Å². The lowest BCUT2D eigenvalue weighted by atomic mass is 9.68. The van der Waals surface area contributed by atoms with Crippen LogP contribution in [0.15, 0.2) is 58.4 Å². The summed E-state index contributed by atoms with van der Waals surface area (Å²) in [6, 6.07) is 14.9. The van der Waals surface area contributed by atoms with Gasteiger partial charge in [0.2, 0.25) is 11.8 Å². The number of carbonyl (C=O) groups is 2. The molecule has 6 nitrogen and oxygen atoms in total. The van der Waals surface area contributed by atoms with Crippen molar-refractivity contribution in [2.75, 3.05) is 12.0 Å². The van der Waals surface area contributed by atoms with Gasteiger partial charge in [-0.15, -0.1) is 11.8 Å². The van der Waals surface area contributed by atoms with Crippen LogP contribution >= 0.6 is 34.7 Å². The summed E-state index contributed by atoms with van der Waals surface area (Å²) in [5.74, 6) is 0.254. The number of thioether (sulfide) groups is 1. The molecule has 1 saturated heterocycles. The van der Waals surface area contributed by atoms with E-state index >= 15 is 0 Å². The molecule has 35 heavy (non-hydrogen) atoms. The molecule has 2 bridgehead atoms. The Labute approximate surface area is 214 Å². The highest BCUT2D eigenvalue weighted by Gasteiger charge is 2.69. The topological polar surface area (TPSA) is 79.5 Å². The summed E-state index contributed by atoms with van der Waals surface area (Å²) >= 11 is 9.14. The summed E-state index contributed by atoms with van der Waals surface area (Å²) in [5.41, 5.74) is 1.71. The van der Waals surface area contributed by atoms with Crippen molar-refractivity contribution in [3.63, 3.8) is 0 Å². The second-order valence-electron chi connectivity index (χ2n) is 9.72. The number of hydrogen-bond donors (Lipinski definition) is 1. The van der Waals surface area contributed by atoms with Crippen LogP contribution in [0.1, 0.15) is 22.8 Å². The smallest absolute Gasteiger partial charge is 0.305 e. The van der Waals surface area contributed by atoms with Gasteiger partial charge in [-0.1, -0.05) is 35.1 Å². The predicted octanol–water partition coefficient (Wildman–Crippen LogP) is 4.78. The maximum Gasteiger partial charge on any atom is 0.305 e. The lowest BCUT2D eigenvalue weighted by Gasteiger charge is -2.43. The van der Waals surface area contributed by atoms with E-state index in [1.54, 1.807) is 43.1 Å². The highest BCUT2D eigenvalue weighted by molar-refractivity contribution is 8.00. The largest absolute Gasteiger partial charge is 0.497 e. The first-order valence-corrected chi connectivity index (χ1v) is 13.7. The number of benzene rings is 2. The summed E-state index contributed by atoms with van der Waals surface area (Å²) in [7, 11) is 1.59. The first-order chi connectivity index (χ1) is 17.0. The van der Waals surface area contributed by atoms with E-state index in [0.717, 1.165) is 21.9 Å². The number of H-pyrrole nitrogens is 1. The second kappa shape index (κ2) is 7.72. The van der Waals surface area contributed by atoms with Crippen molar-refractivity contribution in [1.82, 2.24) is 4.98 Å². The molecule has 0 radical (unpaired) electrons. The van der Waals surface area contributed by atoms with Gasteiger partial charge in [-0.2, -0.15) is 0 Å². The summed E-state index contributed by atoms with van der Waals surface area (Å²) in [5, 5.41) is 1.75. The number of anilines is 1. The van der Waals surface area contributed by atoms with Gasteiger partial charge in [-0.05, 0) is 66.1 Å². The molecule has 3 heterocycles. The number of aromatic amines is 1. The van der Waals surface area contributed by atoms with Crippen LogP contribution in [0.25, 0.3) is 0 Å². The van der Waals surface area contributed by atoms with Crippen LogP contribution in [0.2, 0.25) is 5.02 Å². The van der Waals surface area contributed by atoms with E-state index in [-0.39, 0.29) is 57.4 Å². The molecule has 7 atom stereocenters. The van der Waals surface area contributed by atoms with E-state index in [4.69, 9.17) is 16.3 Å². The number of ether oxygens (including phenoxy) is 1. The summed E-state index contributed by atoms with van der Waals surface area (Å²) < 4.78 is 5.24. The van der Waals surface area contributed by atoms with E-state index in [1.807, 2.05) is 24.3 Å². The zero-order valence-corrected chi connectivity index (χ0v) is 21.0. The highest BCUT2D eigenvalue weighted by atomic mass is 35.5. The van der Waals surface area contributed by atoms with Crippen molar-refractivity contribution in [1.29, 1.82) is 0 Å². The second-order valence-corrected chi connectivity index (χ2v) is 12.4. The lowest BCUT2D eigenvalue weighted by Crippen LogP contribution is -2.42. The minimum Gasteiger partial charge on any atom is -0.497 e. The zero-order chi connectivity index (χ0) is 24.0. The number of imide groups is 1. The number of methoxy groups -OCH3 is 1. The molecule has 7 rings (SSSR count). The first kappa shape index (κ1) is 21.7. The van der Waals surface area contributed by atoms with Crippen molar-refractivity contribution in [2.24, 2.45) is 29.6 Å². The van der Waals surface area contributed by atoms with Gasteiger partial charge in [-0.25, -0.2) is 0 Å². The molecule has 1 N–H and O–H groups in total. The fourth-order valence-electron chi connectivity index (χ4n) is 7.05. The Bertz CT molecular complexity index is 1420. The minimum absolute atomic E-state index is 0.00588. The van der Waals surface area contributed by atoms with Gasteiger partial charge in [0.1, 0.15) is 5.75 Å². The third-order valence-electron chi connectivity index (χ3n) is 8.28. The molecule has 2 saturated carbocycles. The van der Waals surface area contributed by atoms with Gasteiger partial charge in [0.25, 0.3) is 0 Å². The maximum absolute atomic E-state index is 13.8. The lowest BCUT2D eigenvalue weighted by molar-refractivity contribution is -0.123. The standard InChI is InChI=1S/C26H21ClN2O4S2/c1-33-14-8-6-13(7-9-14)29-24(30)19-15-10-16(20(19)25(29)31)21-18(15)17(11-2-4-12(27)5-3-11)22-23(34-21)28-26(32)35-22/h2-9,15-21H,10H2,1H3,(H,28,32). The van der Waals surface area contributed by atoms with Gasteiger partial charge in [0.15, 0.2) is 0 Å². The molecule has 1 aromatic heterocycles. The van der Waals surface area contributed by atoms with Crippen molar-refractivity contribution in [2.45, 2.75) is 22.6 Å². The Morgan fingerprint density at radius 2 is 1.66 bits per heavy atom. The Kier molecular flexibility index (Phi) is 4.79. The number of rotatable bonds is 3. The number of halogens is 1. The van der Waals surface area contributed by atoms with Crippen LogP contribution < -0.4 is 14.5 Å². The van der Waals surface area contributed by atoms with Crippen LogP contribution in [-0.2, 0) is 9.59 Å². The maximum atomic E-state index is 13.8. The monoisotopic (exact) mass is 524 g/mol. The van der Waals surface area contributed by atoms with Gasteiger partial charge in [0.05, 0.1) is 29.7 Å². The summed E-state index contributed by atoms with van der Waals surface area (Å²) in [6.45, 7) is 0. The number of amides is 2. The number of hydrogen-bond acceptors (Lipinski definition) is 6. The van der Waals surface area contributed by atoms with Crippen LogP contribution in [0.3, 0.4) is 0 Å². The third-order valence-corrected chi connectivity index (χ3v) is 11.1. The average molecular weight is 525 g/mol. The van der Waals surface area contributed by atoms with E-state index in [2.05, 4.69) is 4.98 Å². The van der Waals surface area contributed by atoms with Crippen LogP contribution in [0.4, 0.5) is 5.69 Å². The molecule has 2 amide bonds. The van der Waals surface area contributed by atoms with Crippen molar-refractivity contribution in [3.8, 4) is 5.75 Å². The van der Waals surface area contributed by atoms with E-state index in [9.17, 15) is 14.4 Å². The number of fused-ring (bicyclic) bond motifs is 9. The van der Waals surface area contributed by atoms with Gasteiger partial charge in [0, 0.05) is 21.1 Å². The first-order valence-electron chi connectivity index (χ1n) is 11.6. The Morgan fingerprint density at radius 1 is 0.971 bits per heavy atom. The molecule has 7 unspecified atom stereocenters. The normalized spacial score (nSPS) is 32.5. The van der Waals surface area contributed by atoms with Crippen molar-refractivity contribution in [3.05, 3.63) is 73.7 Å². The number of thiazole rings is 1. The van der Waals surface area contributed by atoms with Gasteiger partial charge >= 0.3 is 4.87 Å². The molecule has 2 aliphatic carbocycles. The molecule has 2 aliphatic heterocycles. The number of nitrogens with one attached hydrogen (secondary N) is 1. The average Bonchev–Trinajstić information content (AvgIpc) is 3.59. The Balaban J connectivity index is 1.30. The SMILES string of the molecule is COc1ccc(N2C(=O)C3C4CC(C3C2=O)C2C(c3ccc(Cl)cc3)c3sc(=O)[nH]c3SC42)cc1. The molecule has 4 aliphatic rings. The molecule has 9 heteroatoms. The molecule has 2 aromatic carbocycles. The van der Waals surface area contributed by atoms with Gasteiger partial charge in [-0.3, -0.25) is 19.3 Å². The van der Waals surface area contributed by atoms with Crippen molar-refractivity contribution < 1.29 is 14.3 Å². The molecular weight excluding hydrogens is 504 g/mol. The minimum atomic E-state index is -0.316. The van der Waals surface area contributed by atoms with Crippen LogP contribution in [0, 0.1) is 29.6 Å². The summed E-state index contributed by atoms with van der Waals surface area (Å²) in [6.07, 6.45) is 0.870. The highest BCUT2D eigenvalue weighted by Crippen LogP contribution is 2.68. The fourth-order valence-corrected chi connectivity index (χ4v) is 10.1. The zero-order valence-electron chi connectivity index (χ0n) is 18.6. The van der Waals surface area contributed by atoms with Crippen molar-refractivity contribution >= 4 is 52.2 Å². The molecule has 3 aromatic rings. The summed E-state index contributed by atoms with van der Waals surface area (Å²) in [4.78, 5) is 45.1. The molecular formula is C26H21ClN2O4S2. The Hall–Kier alpha value is -2.55. The molecule has 178 valence electrons. The number of nitrogens with zero attached hydrogens (tertiary/aromatic N) is 1. The number of carbonyl (C=O) groups excluding carboxylic acids is 2. The van der Waals surface area contributed by atoms with Crippen LogP contribution in [-0.4, -0.2) is 29.2 Å². The quantitative estimate of drug-likeness (QED) is 0.499. The van der Waals surface area contributed by atoms with E-state index < -0.39 is 0 Å². The molecule has 3 fully saturated rings. The fraction of sp³-hybridized carbons (Fsp3) is 0.346. The van der Waals surface area contributed by atoms with Gasteiger partial charge < -0.3 is 9.72 Å². The third kappa shape index (κ3) is 2.99. The van der Waals surface area contributed by atoms with E-state index in [1.165, 1.54) is 16.2 Å². The number of aromatic nitrogens is 1. The molecule has 0 spiro atoms.